The van der Waals surface area contributed by atoms with E-state index in [0.717, 1.165) is 0 Å². The van der Waals surface area contributed by atoms with Crippen molar-refractivity contribution in [3.05, 3.63) is 0 Å². The Labute approximate surface area is 294 Å². The van der Waals surface area contributed by atoms with Gasteiger partial charge >= 0.3 is 0 Å². The van der Waals surface area contributed by atoms with Crippen molar-refractivity contribution in [2.45, 2.75) is 153 Å². The SMILES string of the molecule is C.C.C.C.C.C.C.C.C.C.C.C.C.C.C.C.C.C.C.OCCOCC(COCCOCC(COCCO)OCCO)OCCO. The third-order valence-corrected chi connectivity index (χ3v) is 2.95. The fraction of sp³-hybridized carbons (Fsp3) is 1.00. The Morgan fingerprint density at radius 2 is 0.444 bits per heavy atom. The standard InChI is InChI=1S/C16H34O10.19CH4/c17-1-5-21-11-15(25-7-3-19)13-23-9-10-24-14-16(26-8-4-20)12-22-6-2-18;;;;;;;;;;;;;;;;;;;/h15-20H,1-14H2;19*1H4. The van der Waals surface area contributed by atoms with Gasteiger partial charge in [-0.25, -0.2) is 0 Å². The summed E-state index contributed by atoms with van der Waals surface area (Å²) in [5, 5.41) is 35.0. The number of ether oxygens (including phenoxy) is 6. The van der Waals surface area contributed by atoms with Crippen LogP contribution in [0, 0.1) is 0 Å². The molecule has 10 heteroatoms. The van der Waals surface area contributed by atoms with E-state index >= 15 is 0 Å². The molecule has 45 heavy (non-hydrogen) atoms. The number of aliphatic hydroxyl groups is 4. The van der Waals surface area contributed by atoms with Gasteiger partial charge in [-0.1, -0.05) is 141 Å². The first-order chi connectivity index (χ1) is 12.8. The van der Waals surface area contributed by atoms with Gasteiger partial charge in [0.1, 0.15) is 12.2 Å². The smallest absolute Gasteiger partial charge is 0.104 e. The monoisotopic (exact) mass is 691 g/mol. The van der Waals surface area contributed by atoms with Crippen LogP contribution in [0.1, 0.15) is 141 Å². The molecule has 0 bridgehead atoms. The molecule has 0 aromatic heterocycles. The molecule has 0 aromatic rings. The van der Waals surface area contributed by atoms with E-state index in [0.29, 0.717) is 13.2 Å². The minimum absolute atomic E-state index is 0. The molecule has 0 aliphatic rings. The summed E-state index contributed by atoms with van der Waals surface area (Å²) in [7, 11) is 0. The predicted octanol–water partition coefficient (Wildman–Crippen LogP) is 9.88. The van der Waals surface area contributed by atoms with Crippen LogP contribution in [0.5, 0.6) is 0 Å². The molecule has 0 heterocycles. The fourth-order valence-corrected chi connectivity index (χ4v) is 1.83. The van der Waals surface area contributed by atoms with Crippen molar-refractivity contribution in [3.63, 3.8) is 0 Å². The summed E-state index contributed by atoms with van der Waals surface area (Å²) in [6.07, 6.45) is -0.664. The first kappa shape index (κ1) is 140. The fourth-order valence-electron chi connectivity index (χ4n) is 1.83. The Kier molecular flexibility index (Phi) is 376. The van der Waals surface area contributed by atoms with Crippen LogP contribution < -0.4 is 0 Å². The second-order valence-corrected chi connectivity index (χ2v) is 5.18. The lowest BCUT2D eigenvalue weighted by Crippen LogP contribution is -2.29. The van der Waals surface area contributed by atoms with Gasteiger partial charge in [-0.3, -0.25) is 0 Å². The molecule has 310 valence electrons. The molecule has 0 fully saturated rings. The van der Waals surface area contributed by atoms with Crippen molar-refractivity contribution in [3.8, 4) is 0 Å². The van der Waals surface area contributed by atoms with Crippen LogP contribution in [-0.4, -0.2) is 125 Å². The maximum absolute atomic E-state index is 8.80. The molecule has 0 radical (unpaired) electrons. The van der Waals surface area contributed by atoms with Crippen molar-refractivity contribution in [1.82, 2.24) is 0 Å². The van der Waals surface area contributed by atoms with E-state index in [-0.39, 0.29) is 233 Å². The maximum Gasteiger partial charge on any atom is 0.104 e. The summed E-state index contributed by atoms with van der Waals surface area (Å²) < 4.78 is 32.1. The summed E-state index contributed by atoms with van der Waals surface area (Å²) in [6, 6.07) is 0. The van der Waals surface area contributed by atoms with E-state index in [9.17, 15) is 0 Å². The van der Waals surface area contributed by atoms with Crippen LogP contribution in [0.4, 0.5) is 0 Å². The van der Waals surface area contributed by atoms with Crippen molar-refractivity contribution in [2.75, 3.05) is 92.5 Å². The van der Waals surface area contributed by atoms with Gasteiger partial charge in [0.25, 0.3) is 0 Å². The first-order valence-electron chi connectivity index (χ1n) is 8.76. The molecule has 0 aliphatic heterocycles. The minimum Gasteiger partial charge on any atom is -0.394 e. The minimum atomic E-state index is -0.332. The van der Waals surface area contributed by atoms with E-state index in [2.05, 4.69) is 0 Å². The van der Waals surface area contributed by atoms with Crippen molar-refractivity contribution in [1.29, 1.82) is 0 Å². The molecule has 4 N–H and O–H groups in total. The van der Waals surface area contributed by atoms with Gasteiger partial charge in [-0.05, 0) is 0 Å². The lowest BCUT2D eigenvalue weighted by atomic mass is 10.4. The lowest BCUT2D eigenvalue weighted by Gasteiger charge is -2.19. The molecule has 0 amide bonds. The van der Waals surface area contributed by atoms with Gasteiger partial charge in [-0.2, -0.15) is 0 Å². The Balaban J connectivity index is -0.0000000183. The second kappa shape index (κ2) is 121. The number of hydrogen-bond donors (Lipinski definition) is 4. The summed E-state index contributed by atoms with van der Waals surface area (Å²) in [5.74, 6) is 0. The first-order valence-corrected chi connectivity index (χ1v) is 8.76. The third kappa shape index (κ3) is 107. The molecule has 0 saturated heterocycles. The highest BCUT2D eigenvalue weighted by atomic mass is 16.6. The molecule has 10 nitrogen and oxygen atoms in total. The quantitative estimate of drug-likeness (QED) is 0.0862. The summed E-state index contributed by atoms with van der Waals surface area (Å²) in [4.78, 5) is 0. The van der Waals surface area contributed by atoms with Crippen LogP contribution in [0.15, 0.2) is 0 Å². The zero-order valence-electron chi connectivity index (χ0n) is 15.3. The topological polar surface area (TPSA) is 136 Å². The van der Waals surface area contributed by atoms with E-state index in [4.69, 9.17) is 48.8 Å². The molecule has 2 atom stereocenters. The lowest BCUT2D eigenvalue weighted by molar-refractivity contribution is -0.0901. The molecule has 0 aliphatic carbocycles. The summed E-state index contributed by atoms with van der Waals surface area (Å²) in [6.45, 7) is 2.25. The normalized spacial score (nSPS) is 8.00. The Hall–Kier alpha value is -0.400. The van der Waals surface area contributed by atoms with Crippen molar-refractivity contribution >= 4 is 0 Å². The van der Waals surface area contributed by atoms with E-state index in [1.807, 2.05) is 0 Å². The van der Waals surface area contributed by atoms with Crippen LogP contribution in [-0.2, 0) is 28.4 Å². The van der Waals surface area contributed by atoms with Crippen molar-refractivity contribution in [2.24, 2.45) is 0 Å². The molecule has 0 aromatic carbocycles. The van der Waals surface area contributed by atoms with Crippen molar-refractivity contribution < 1.29 is 48.8 Å². The van der Waals surface area contributed by atoms with Crippen LogP contribution in [0.25, 0.3) is 0 Å². The molecule has 2 unspecified atom stereocenters. The van der Waals surface area contributed by atoms with E-state index < -0.39 is 0 Å². The summed E-state index contributed by atoms with van der Waals surface area (Å²) >= 11 is 0. The zero-order chi connectivity index (χ0) is 19.3. The number of rotatable bonds is 21. The summed E-state index contributed by atoms with van der Waals surface area (Å²) in [5.41, 5.74) is 0. The largest absolute Gasteiger partial charge is 0.394 e. The highest BCUT2D eigenvalue weighted by Crippen LogP contribution is 1.98. The van der Waals surface area contributed by atoms with Gasteiger partial charge in [0.05, 0.1) is 92.5 Å². The van der Waals surface area contributed by atoms with Gasteiger partial charge in [0.2, 0.25) is 0 Å². The molecule has 0 saturated carbocycles. The molecular formula is C35H110O10. The number of hydrogen-bond acceptors (Lipinski definition) is 10. The predicted molar refractivity (Wildman–Crippen MR) is 219 cm³/mol. The van der Waals surface area contributed by atoms with Crippen LogP contribution in [0.3, 0.4) is 0 Å². The van der Waals surface area contributed by atoms with Gasteiger partial charge in [0.15, 0.2) is 0 Å². The van der Waals surface area contributed by atoms with Crippen LogP contribution >= 0.6 is 0 Å². The molecule has 0 rings (SSSR count). The highest BCUT2D eigenvalue weighted by molar-refractivity contribution is 4.57. The van der Waals surface area contributed by atoms with Crippen LogP contribution in [0.2, 0.25) is 0 Å². The van der Waals surface area contributed by atoms with Gasteiger partial charge < -0.3 is 48.8 Å². The third-order valence-electron chi connectivity index (χ3n) is 2.95. The second-order valence-electron chi connectivity index (χ2n) is 5.18. The van der Waals surface area contributed by atoms with E-state index in [1.165, 1.54) is 0 Å². The average molecular weight is 691 g/mol. The Morgan fingerprint density at radius 3 is 0.622 bits per heavy atom. The zero-order valence-corrected chi connectivity index (χ0v) is 15.3. The highest BCUT2D eigenvalue weighted by Gasteiger charge is 2.11. The van der Waals surface area contributed by atoms with E-state index in [1.54, 1.807) is 0 Å². The number of aliphatic hydroxyl groups excluding tert-OH is 4. The molecular weight excluding hydrogens is 580 g/mol. The Bertz CT molecular complexity index is 253. The van der Waals surface area contributed by atoms with Gasteiger partial charge in [-0.15, -0.1) is 0 Å². The Morgan fingerprint density at radius 1 is 0.267 bits per heavy atom. The van der Waals surface area contributed by atoms with Gasteiger partial charge in [0, 0.05) is 0 Å². The average Bonchev–Trinajstić information content (AvgIpc) is 2.65. The molecule has 0 spiro atoms. The maximum atomic E-state index is 8.80.